The van der Waals surface area contributed by atoms with Gasteiger partial charge < -0.3 is 18.7 Å². The van der Waals surface area contributed by atoms with Gasteiger partial charge in [0.1, 0.15) is 0 Å². The number of carbonyl (C=O) groups excluding carboxylic acids is 1. The standard InChI is InChI=1S/C19H17ClN2O5/c1-24-15-8-7-12(9-16(15)25-2)10-18(23)26-11-17-21-19(22-27-17)13-5-3-4-6-14(13)20/h3-9H,10-11H2,1-2H3. The van der Waals surface area contributed by atoms with Crippen molar-refractivity contribution in [2.24, 2.45) is 0 Å². The zero-order valence-corrected chi connectivity index (χ0v) is 15.5. The highest BCUT2D eigenvalue weighted by molar-refractivity contribution is 6.33. The van der Waals surface area contributed by atoms with Gasteiger partial charge in [0.05, 0.1) is 25.7 Å². The number of aromatic nitrogens is 2. The highest BCUT2D eigenvalue weighted by Crippen LogP contribution is 2.28. The summed E-state index contributed by atoms with van der Waals surface area (Å²) in [6, 6.07) is 12.4. The van der Waals surface area contributed by atoms with E-state index in [0.29, 0.717) is 27.9 Å². The molecule has 0 saturated carbocycles. The second kappa shape index (κ2) is 8.55. The van der Waals surface area contributed by atoms with Gasteiger partial charge in [0, 0.05) is 5.56 Å². The van der Waals surface area contributed by atoms with Gasteiger partial charge in [-0.05, 0) is 29.8 Å². The molecule has 3 rings (SSSR count). The third-order valence-corrected chi connectivity index (χ3v) is 4.07. The van der Waals surface area contributed by atoms with Gasteiger partial charge in [-0.25, -0.2) is 0 Å². The summed E-state index contributed by atoms with van der Waals surface area (Å²) in [6.45, 7) is -0.121. The molecule has 2 aromatic carbocycles. The maximum absolute atomic E-state index is 12.1. The van der Waals surface area contributed by atoms with E-state index in [1.807, 2.05) is 12.1 Å². The fraction of sp³-hybridized carbons (Fsp3) is 0.211. The Morgan fingerprint density at radius 3 is 2.63 bits per heavy atom. The first-order chi connectivity index (χ1) is 13.1. The summed E-state index contributed by atoms with van der Waals surface area (Å²) in [5.74, 6) is 1.23. The molecule has 0 fully saturated rings. The maximum Gasteiger partial charge on any atom is 0.310 e. The topological polar surface area (TPSA) is 83.7 Å². The fourth-order valence-corrected chi connectivity index (χ4v) is 2.64. The van der Waals surface area contributed by atoms with Gasteiger partial charge in [-0.2, -0.15) is 4.98 Å². The molecule has 0 amide bonds. The Morgan fingerprint density at radius 1 is 1.11 bits per heavy atom. The molecule has 0 aliphatic rings. The Bertz CT molecular complexity index is 941. The molecule has 1 heterocycles. The molecule has 140 valence electrons. The number of rotatable bonds is 7. The molecule has 0 aliphatic heterocycles. The van der Waals surface area contributed by atoms with Gasteiger partial charge in [0.2, 0.25) is 5.82 Å². The van der Waals surface area contributed by atoms with E-state index in [-0.39, 0.29) is 18.9 Å². The Hall–Kier alpha value is -3.06. The first-order valence-electron chi connectivity index (χ1n) is 8.04. The van der Waals surface area contributed by atoms with Crippen LogP contribution in [0.15, 0.2) is 47.0 Å². The summed E-state index contributed by atoms with van der Waals surface area (Å²) in [5.41, 5.74) is 1.38. The molecule has 1 aromatic heterocycles. The van der Waals surface area contributed by atoms with Crippen LogP contribution in [0, 0.1) is 0 Å². The van der Waals surface area contributed by atoms with E-state index >= 15 is 0 Å². The average molecular weight is 389 g/mol. The van der Waals surface area contributed by atoms with Gasteiger partial charge in [0.25, 0.3) is 5.89 Å². The van der Waals surface area contributed by atoms with Crippen molar-refractivity contribution in [1.82, 2.24) is 10.1 Å². The highest BCUT2D eigenvalue weighted by atomic mass is 35.5. The molecule has 0 spiro atoms. The minimum absolute atomic E-state index is 0.0753. The molecule has 0 bridgehead atoms. The number of hydrogen-bond acceptors (Lipinski definition) is 7. The van der Waals surface area contributed by atoms with Crippen molar-refractivity contribution in [3.05, 3.63) is 58.9 Å². The molecule has 0 radical (unpaired) electrons. The van der Waals surface area contributed by atoms with Gasteiger partial charge >= 0.3 is 5.97 Å². The van der Waals surface area contributed by atoms with E-state index in [2.05, 4.69) is 10.1 Å². The zero-order chi connectivity index (χ0) is 19.2. The normalized spacial score (nSPS) is 10.5. The largest absolute Gasteiger partial charge is 0.493 e. The molecule has 7 nitrogen and oxygen atoms in total. The molecule has 0 N–H and O–H groups in total. The van der Waals surface area contributed by atoms with Crippen LogP contribution >= 0.6 is 11.6 Å². The van der Waals surface area contributed by atoms with Crippen LogP contribution in [0.4, 0.5) is 0 Å². The summed E-state index contributed by atoms with van der Waals surface area (Å²) < 4.78 is 20.7. The van der Waals surface area contributed by atoms with Gasteiger partial charge in [-0.15, -0.1) is 0 Å². The van der Waals surface area contributed by atoms with Crippen LogP contribution in [0.1, 0.15) is 11.5 Å². The Morgan fingerprint density at radius 2 is 1.89 bits per heavy atom. The number of ether oxygens (including phenoxy) is 3. The Labute approximate surface area is 160 Å². The second-order valence-corrected chi connectivity index (χ2v) is 5.93. The van der Waals surface area contributed by atoms with Crippen LogP contribution in [0.3, 0.4) is 0 Å². The summed E-state index contributed by atoms with van der Waals surface area (Å²) >= 11 is 6.11. The fourth-order valence-electron chi connectivity index (χ4n) is 2.42. The van der Waals surface area contributed by atoms with Crippen LogP contribution in [0.2, 0.25) is 5.02 Å². The van der Waals surface area contributed by atoms with E-state index in [4.69, 9.17) is 30.3 Å². The molecule has 8 heteroatoms. The summed E-state index contributed by atoms with van der Waals surface area (Å²) in [6.07, 6.45) is 0.0753. The molecular weight excluding hydrogens is 372 g/mol. The molecule has 0 saturated heterocycles. The van der Waals surface area contributed by atoms with Crippen LogP contribution < -0.4 is 9.47 Å². The molecule has 3 aromatic rings. The minimum atomic E-state index is -0.431. The summed E-state index contributed by atoms with van der Waals surface area (Å²) in [5, 5.41) is 4.37. The van der Waals surface area contributed by atoms with Crippen molar-refractivity contribution in [2.75, 3.05) is 14.2 Å². The zero-order valence-electron chi connectivity index (χ0n) is 14.8. The van der Waals surface area contributed by atoms with E-state index in [9.17, 15) is 4.79 Å². The van der Waals surface area contributed by atoms with Crippen LogP contribution in [0.5, 0.6) is 11.5 Å². The monoisotopic (exact) mass is 388 g/mol. The molecule has 0 atom stereocenters. The van der Waals surface area contributed by atoms with E-state index in [0.717, 1.165) is 5.56 Å². The molecular formula is C19H17ClN2O5. The van der Waals surface area contributed by atoms with Gasteiger partial charge in [-0.1, -0.05) is 35.0 Å². The lowest BCUT2D eigenvalue weighted by atomic mass is 10.1. The number of nitrogens with zero attached hydrogens (tertiary/aromatic N) is 2. The number of benzene rings is 2. The first-order valence-corrected chi connectivity index (χ1v) is 8.42. The van der Waals surface area contributed by atoms with Crippen molar-refractivity contribution < 1.29 is 23.5 Å². The Balaban J connectivity index is 1.59. The predicted molar refractivity (Wildman–Crippen MR) is 97.8 cm³/mol. The van der Waals surface area contributed by atoms with Crippen molar-refractivity contribution in [3.8, 4) is 22.9 Å². The number of carbonyl (C=O) groups is 1. The van der Waals surface area contributed by atoms with Crippen LogP contribution in [0.25, 0.3) is 11.4 Å². The van der Waals surface area contributed by atoms with Crippen LogP contribution in [-0.4, -0.2) is 30.3 Å². The number of hydrogen-bond donors (Lipinski definition) is 0. The Kier molecular flexibility index (Phi) is 5.93. The number of methoxy groups -OCH3 is 2. The summed E-state index contributed by atoms with van der Waals surface area (Å²) in [7, 11) is 3.08. The molecule has 27 heavy (non-hydrogen) atoms. The highest BCUT2D eigenvalue weighted by Gasteiger charge is 2.14. The lowest BCUT2D eigenvalue weighted by Gasteiger charge is -2.09. The van der Waals surface area contributed by atoms with Crippen molar-refractivity contribution in [1.29, 1.82) is 0 Å². The van der Waals surface area contributed by atoms with E-state index in [1.165, 1.54) is 7.11 Å². The van der Waals surface area contributed by atoms with E-state index < -0.39 is 5.97 Å². The van der Waals surface area contributed by atoms with Crippen molar-refractivity contribution >= 4 is 17.6 Å². The van der Waals surface area contributed by atoms with Crippen LogP contribution in [-0.2, 0) is 22.6 Å². The first kappa shape index (κ1) is 18.7. The van der Waals surface area contributed by atoms with Gasteiger partial charge in [0.15, 0.2) is 18.1 Å². The number of esters is 1. The lowest BCUT2D eigenvalue weighted by Crippen LogP contribution is -2.08. The third kappa shape index (κ3) is 4.57. The van der Waals surface area contributed by atoms with Crippen molar-refractivity contribution in [2.45, 2.75) is 13.0 Å². The molecule has 0 aliphatic carbocycles. The minimum Gasteiger partial charge on any atom is -0.493 e. The van der Waals surface area contributed by atoms with E-state index in [1.54, 1.807) is 37.4 Å². The van der Waals surface area contributed by atoms with Gasteiger partial charge in [-0.3, -0.25) is 4.79 Å². The summed E-state index contributed by atoms with van der Waals surface area (Å²) in [4.78, 5) is 16.3. The quantitative estimate of drug-likeness (QED) is 0.570. The van der Waals surface area contributed by atoms with Crippen molar-refractivity contribution in [3.63, 3.8) is 0 Å². The molecule has 0 unspecified atom stereocenters. The maximum atomic E-state index is 12.1. The second-order valence-electron chi connectivity index (χ2n) is 5.52. The number of halogens is 1. The predicted octanol–water partition coefficient (Wildman–Crippen LogP) is 3.69. The smallest absolute Gasteiger partial charge is 0.310 e. The SMILES string of the molecule is COc1ccc(CC(=O)OCc2nc(-c3ccccc3Cl)no2)cc1OC. The average Bonchev–Trinajstić information content (AvgIpc) is 3.15. The third-order valence-electron chi connectivity index (χ3n) is 3.74. The lowest BCUT2D eigenvalue weighted by molar-refractivity contribution is -0.144.